The lowest BCUT2D eigenvalue weighted by Gasteiger charge is -2.31. The number of hydrogen-bond acceptors (Lipinski definition) is 17. The van der Waals surface area contributed by atoms with Crippen LogP contribution in [0.3, 0.4) is 0 Å². The highest BCUT2D eigenvalue weighted by atomic mass is 33.1. The monoisotopic (exact) mass is 1050 g/mol. The predicted octanol–water partition coefficient (Wildman–Crippen LogP) is -5.17. The van der Waals surface area contributed by atoms with Gasteiger partial charge >= 0.3 is 0 Å². The van der Waals surface area contributed by atoms with Crippen LogP contribution < -0.4 is 60.2 Å². The Morgan fingerprint density at radius 1 is 0.764 bits per heavy atom. The van der Waals surface area contributed by atoms with E-state index in [1.54, 1.807) is 27.7 Å². The van der Waals surface area contributed by atoms with E-state index in [0.29, 0.717) is 12.0 Å². The second kappa shape index (κ2) is 31.3. The van der Waals surface area contributed by atoms with Gasteiger partial charge in [0.2, 0.25) is 65.0 Å². The van der Waals surface area contributed by atoms with Crippen LogP contribution in [-0.2, 0) is 59.2 Å². The first-order chi connectivity index (χ1) is 33.9. The van der Waals surface area contributed by atoms with Gasteiger partial charge in [0.15, 0.2) is 0 Å². The number of nitrogens with one attached hydrogen (secondary N) is 7. The Labute approximate surface area is 424 Å². The van der Waals surface area contributed by atoms with E-state index < -0.39 is 171 Å². The molecule has 0 bridgehead atoms. The fraction of sp³-hybridized carbons (Fsp3) is 0.614. The first kappa shape index (κ1) is 61.9. The molecule has 0 spiro atoms. The molecule has 0 aliphatic carbocycles. The summed E-state index contributed by atoms with van der Waals surface area (Å²) in [7, 11) is 1.86. The van der Waals surface area contributed by atoms with Crippen molar-refractivity contribution in [1.29, 1.82) is 0 Å². The lowest BCUT2D eigenvalue weighted by Crippen LogP contribution is -2.61. The van der Waals surface area contributed by atoms with E-state index in [4.69, 9.17) is 22.9 Å². The first-order valence-corrected chi connectivity index (χ1v) is 25.6. The third-order valence-corrected chi connectivity index (χ3v) is 13.6. The number of aliphatic hydroxyl groups excluding tert-OH is 2. The SMILES string of the molecule is CCC(C)[C@@H]1NC(=O)[C@H](Cc2ccc(O)cc2)NC(=O)[C@@H](N)CSSC[C@@H](C(=O)N(CC(=O)N[C@@H](CC(C)C)C(=O)NCC(N)=O)CC(CO)CO)NC(=O)[C@H](CC(N)=O)NC(=O)[C@H](CCC(N)=O)NC1=O. The Kier molecular flexibility index (Phi) is 26.9. The van der Waals surface area contributed by atoms with E-state index in [1.807, 2.05) is 0 Å². The molecule has 0 saturated carbocycles. The number of phenolic OH excluding ortho intramolecular Hbond substituents is 1. The van der Waals surface area contributed by atoms with Crippen LogP contribution in [0.4, 0.5) is 0 Å². The molecule has 28 heteroatoms. The van der Waals surface area contributed by atoms with Gasteiger partial charge in [0.1, 0.15) is 42.0 Å². The molecular weight excluding hydrogens is 985 g/mol. The second-order valence-corrected chi connectivity index (χ2v) is 20.3. The molecule has 2 rings (SSSR count). The Hall–Kier alpha value is -6.23. The minimum absolute atomic E-state index is 0.0681. The molecule has 11 amide bonds. The maximum absolute atomic E-state index is 14.6. The largest absolute Gasteiger partial charge is 0.508 e. The second-order valence-electron chi connectivity index (χ2n) is 17.7. The minimum Gasteiger partial charge on any atom is -0.508 e. The zero-order chi connectivity index (χ0) is 54.2. The number of amides is 11. The van der Waals surface area contributed by atoms with E-state index in [-0.39, 0.29) is 36.0 Å². The van der Waals surface area contributed by atoms with E-state index in [1.165, 1.54) is 24.3 Å². The van der Waals surface area contributed by atoms with Gasteiger partial charge in [-0.2, -0.15) is 0 Å². The topological polar surface area (TPSA) is 440 Å². The number of carbonyl (C=O) groups is 11. The number of rotatable bonds is 22. The van der Waals surface area contributed by atoms with Crippen molar-refractivity contribution in [3.05, 3.63) is 29.8 Å². The van der Waals surface area contributed by atoms with Crippen molar-refractivity contribution in [1.82, 2.24) is 42.1 Å². The summed E-state index contributed by atoms with van der Waals surface area (Å²) < 4.78 is 0. The molecule has 1 heterocycles. The molecule has 1 fully saturated rings. The Morgan fingerprint density at radius 2 is 1.35 bits per heavy atom. The summed E-state index contributed by atoms with van der Waals surface area (Å²) in [5.74, 6) is -12.8. The molecular formula is C44H70N12O14S2. The maximum Gasteiger partial charge on any atom is 0.246 e. The third kappa shape index (κ3) is 22.0. The summed E-state index contributed by atoms with van der Waals surface area (Å²) in [5.41, 5.74) is 22.9. The number of hydrogen-bond donors (Lipinski definition) is 14. The summed E-state index contributed by atoms with van der Waals surface area (Å²) in [6.45, 7) is 3.67. The summed E-state index contributed by atoms with van der Waals surface area (Å²) in [6.07, 6.45) is -1.53. The van der Waals surface area contributed by atoms with Crippen LogP contribution in [0.15, 0.2) is 24.3 Å². The van der Waals surface area contributed by atoms with Gasteiger partial charge in [-0.15, -0.1) is 0 Å². The van der Waals surface area contributed by atoms with Gasteiger partial charge in [0.05, 0.1) is 25.6 Å². The summed E-state index contributed by atoms with van der Waals surface area (Å²) in [4.78, 5) is 148. The van der Waals surface area contributed by atoms with Crippen LogP contribution in [0.1, 0.15) is 65.4 Å². The normalized spacial score (nSPS) is 21.7. The molecule has 402 valence electrons. The predicted molar refractivity (Wildman–Crippen MR) is 264 cm³/mol. The Balaban J connectivity index is 2.72. The van der Waals surface area contributed by atoms with E-state index in [0.717, 1.165) is 26.5 Å². The molecule has 0 aromatic heterocycles. The van der Waals surface area contributed by atoms with Crippen LogP contribution in [0.25, 0.3) is 0 Å². The van der Waals surface area contributed by atoms with Crippen LogP contribution in [0, 0.1) is 17.8 Å². The van der Waals surface area contributed by atoms with E-state index >= 15 is 0 Å². The molecule has 8 atom stereocenters. The molecule has 1 aliphatic heterocycles. The number of benzene rings is 1. The summed E-state index contributed by atoms with van der Waals surface area (Å²) in [5, 5.41) is 47.3. The third-order valence-electron chi connectivity index (χ3n) is 11.1. The molecule has 26 nitrogen and oxygen atoms in total. The lowest BCUT2D eigenvalue weighted by molar-refractivity contribution is -0.141. The molecule has 1 aliphatic rings. The number of aromatic hydroxyl groups is 1. The van der Waals surface area contributed by atoms with Gasteiger partial charge in [-0.3, -0.25) is 52.7 Å². The Morgan fingerprint density at radius 3 is 1.92 bits per heavy atom. The first-order valence-electron chi connectivity index (χ1n) is 23.1. The molecule has 1 aromatic rings. The van der Waals surface area contributed by atoms with Gasteiger partial charge in [-0.05, 0) is 42.4 Å². The average Bonchev–Trinajstić information content (AvgIpc) is 3.31. The zero-order valence-electron chi connectivity index (χ0n) is 40.7. The van der Waals surface area contributed by atoms with Gasteiger partial charge in [-0.1, -0.05) is 67.8 Å². The van der Waals surface area contributed by atoms with Crippen LogP contribution in [0.5, 0.6) is 5.75 Å². The Bertz CT molecular complexity index is 2070. The molecule has 0 radical (unpaired) electrons. The van der Waals surface area contributed by atoms with E-state index in [9.17, 15) is 68.1 Å². The smallest absolute Gasteiger partial charge is 0.246 e. The van der Waals surface area contributed by atoms with Crippen molar-refractivity contribution in [2.45, 2.75) is 109 Å². The van der Waals surface area contributed by atoms with Crippen LogP contribution >= 0.6 is 21.6 Å². The van der Waals surface area contributed by atoms with Crippen molar-refractivity contribution in [2.75, 3.05) is 44.4 Å². The van der Waals surface area contributed by atoms with Crippen molar-refractivity contribution in [3.63, 3.8) is 0 Å². The standard InChI is InChI=1S/C44H70N12O14S2/c1-5-23(4)37-43(69)51-28(10-11-33(46)60)40(66)53-31(14-34(47)61)41(67)54-32(21-72-71-20-27(45)38(64)52-30(42(68)55-37)13-24-6-8-26(59)9-7-24)44(70)56(16-25(18-57)19-58)17-36(63)50-29(12-22(2)3)39(65)49-15-35(48)62/h6-9,22-23,25,27-32,37,57-59H,5,10-21,45H2,1-4H3,(H2,46,60)(H2,47,61)(H2,48,62)(H,49,65)(H,50,63)(H,51,69)(H,52,64)(H,53,66)(H,54,67)(H,55,68)/t23?,27-,28-,29-,30-,31-,32-,37-/m0/s1. The van der Waals surface area contributed by atoms with E-state index in [2.05, 4.69) is 37.2 Å². The highest BCUT2D eigenvalue weighted by molar-refractivity contribution is 8.76. The summed E-state index contributed by atoms with van der Waals surface area (Å²) in [6, 6.07) is -4.63. The highest BCUT2D eigenvalue weighted by Crippen LogP contribution is 2.24. The molecule has 18 N–H and O–H groups in total. The molecule has 1 aromatic carbocycles. The number of nitrogens with zero attached hydrogens (tertiary/aromatic N) is 1. The zero-order valence-corrected chi connectivity index (χ0v) is 42.3. The van der Waals surface area contributed by atoms with Gasteiger partial charge in [0.25, 0.3) is 0 Å². The summed E-state index contributed by atoms with van der Waals surface area (Å²) >= 11 is 0. The fourth-order valence-corrected chi connectivity index (χ4v) is 9.20. The number of carbonyl (C=O) groups excluding carboxylic acids is 11. The van der Waals surface area contributed by atoms with Crippen molar-refractivity contribution >= 4 is 86.6 Å². The minimum atomic E-state index is -1.85. The molecule has 72 heavy (non-hydrogen) atoms. The van der Waals surface area contributed by atoms with Crippen LogP contribution in [-0.4, -0.2) is 172 Å². The lowest BCUT2D eigenvalue weighted by atomic mass is 9.96. The fourth-order valence-electron chi connectivity index (χ4n) is 6.92. The number of primary amides is 3. The number of nitrogens with two attached hydrogens (primary N) is 4. The van der Waals surface area contributed by atoms with Gasteiger partial charge in [0, 0.05) is 50.0 Å². The quantitative estimate of drug-likeness (QED) is 0.0483. The molecule has 1 unspecified atom stereocenters. The molecule has 1 saturated heterocycles. The van der Waals surface area contributed by atoms with Crippen molar-refractivity contribution in [2.24, 2.45) is 40.7 Å². The van der Waals surface area contributed by atoms with Crippen LogP contribution in [0.2, 0.25) is 0 Å². The maximum atomic E-state index is 14.6. The number of phenols is 1. The average molecular weight is 1060 g/mol. The highest BCUT2D eigenvalue weighted by Gasteiger charge is 2.37. The van der Waals surface area contributed by atoms with Crippen molar-refractivity contribution < 1.29 is 68.1 Å². The van der Waals surface area contributed by atoms with Gasteiger partial charge < -0.3 is 80.4 Å². The number of aliphatic hydroxyl groups is 2. The van der Waals surface area contributed by atoms with Crippen molar-refractivity contribution in [3.8, 4) is 5.75 Å². The van der Waals surface area contributed by atoms with Gasteiger partial charge in [-0.25, -0.2) is 0 Å².